The topological polar surface area (TPSA) is 75.1 Å². The first-order chi connectivity index (χ1) is 9.76. The van der Waals surface area contributed by atoms with Crippen molar-refractivity contribution in [2.24, 2.45) is 0 Å². The van der Waals surface area contributed by atoms with Crippen LogP contribution < -0.4 is 11.0 Å². The Morgan fingerprint density at radius 3 is 2.95 bits per heavy atom. The van der Waals surface area contributed by atoms with E-state index in [1.165, 1.54) is 4.52 Å². The van der Waals surface area contributed by atoms with Crippen LogP contribution in [0.4, 0.5) is 5.82 Å². The third-order valence-corrected chi connectivity index (χ3v) is 3.20. The summed E-state index contributed by atoms with van der Waals surface area (Å²) in [4.78, 5) is 11.4. The second kappa shape index (κ2) is 5.34. The average Bonchev–Trinajstić information content (AvgIpc) is 2.86. The van der Waals surface area contributed by atoms with Crippen LogP contribution in [0.15, 0.2) is 41.2 Å². The van der Waals surface area contributed by atoms with E-state index in [1.54, 1.807) is 12.1 Å². The standard InChI is InChI=1S/C13H12ClN5O/c14-7-9-2-1-3-10(6-9)8-15-11-4-5-12-16-17-13(20)19(12)18-11/h1-6H,7-8H2,(H,15,18)(H,17,20). The van der Waals surface area contributed by atoms with Gasteiger partial charge in [-0.3, -0.25) is 0 Å². The van der Waals surface area contributed by atoms with Gasteiger partial charge in [-0.1, -0.05) is 24.3 Å². The van der Waals surface area contributed by atoms with Crippen molar-refractivity contribution in [2.75, 3.05) is 5.32 Å². The number of anilines is 1. The lowest BCUT2D eigenvalue weighted by Gasteiger charge is -2.06. The minimum Gasteiger partial charge on any atom is -0.365 e. The first-order valence-electron chi connectivity index (χ1n) is 6.08. The van der Waals surface area contributed by atoms with Gasteiger partial charge < -0.3 is 5.32 Å². The number of hydrogen-bond acceptors (Lipinski definition) is 4. The molecule has 0 spiro atoms. The van der Waals surface area contributed by atoms with Crippen molar-refractivity contribution in [2.45, 2.75) is 12.4 Å². The van der Waals surface area contributed by atoms with E-state index in [9.17, 15) is 4.79 Å². The highest BCUT2D eigenvalue weighted by atomic mass is 35.5. The first-order valence-corrected chi connectivity index (χ1v) is 6.62. The Bertz CT molecular complexity index is 795. The van der Waals surface area contributed by atoms with E-state index in [4.69, 9.17) is 11.6 Å². The molecule has 0 bridgehead atoms. The molecule has 0 aliphatic carbocycles. The Morgan fingerprint density at radius 1 is 1.25 bits per heavy atom. The van der Waals surface area contributed by atoms with Crippen LogP contribution in [0.3, 0.4) is 0 Å². The Labute approximate surface area is 119 Å². The molecule has 0 atom stereocenters. The molecule has 102 valence electrons. The second-order valence-corrected chi connectivity index (χ2v) is 4.59. The van der Waals surface area contributed by atoms with Gasteiger partial charge in [0, 0.05) is 12.4 Å². The average molecular weight is 290 g/mol. The highest BCUT2D eigenvalue weighted by Gasteiger charge is 2.02. The van der Waals surface area contributed by atoms with Crippen molar-refractivity contribution in [1.29, 1.82) is 0 Å². The number of benzene rings is 1. The fraction of sp³-hybridized carbons (Fsp3) is 0.154. The van der Waals surface area contributed by atoms with E-state index in [-0.39, 0.29) is 5.69 Å². The predicted molar refractivity (Wildman–Crippen MR) is 76.9 cm³/mol. The highest BCUT2D eigenvalue weighted by Crippen LogP contribution is 2.10. The number of aromatic amines is 1. The number of fused-ring (bicyclic) bond motifs is 1. The molecular weight excluding hydrogens is 278 g/mol. The van der Waals surface area contributed by atoms with Gasteiger partial charge in [0.2, 0.25) is 0 Å². The molecule has 3 rings (SSSR count). The zero-order valence-electron chi connectivity index (χ0n) is 10.5. The lowest BCUT2D eigenvalue weighted by atomic mass is 10.1. The molecule has 3 aromatic rings. The normalized spacial score (nSPS) is 10.8. The van der Waals surface area contributed by atoms with Gasteiger partial charge in [0.1, 0.15) is 5.82 Å². The van der Waals surface area contributed by atoms with Gasteiger partial charge in [-0.05, 0) is 23.3 Å². The van der Waals surface area contributed by atoms with Crippen LogP contribution in [0.25, 0.3) is 5.65 Å². The highest BCUT2D eigenvalue weighted by molar-refractivity contribution is 6.17. The van der Waals surface area contributed by atoms with Crippen LogP contribution in [0.2, 0.25) is 0 Å². The van der Waals surface area contributed by atoms with Gasteiger partial charge >= 0.3 is 5.69 Å². The summed E-state index contributed by atoms with van der Waals surface area (Å²) in [5.41, 5.74) is 2.31. The van der Waals surface area contributed by atoms with Crippen LogP contribution >= 0.6 is 11.6 Å². The molecule has 6 nitrogen and oxygen atoms in total. The van der Waals surface area contributed by atoms with E-state index in [0.717, 1.165) is 11.1 Å². The number of alkyl halides is 1. The van der Waals surface area contributed by atoms with E-state index < -0.39 is 0 Å². The van der Waals surface area contributed by atoms with Gasteiger partial charge in [-0.15, -0.1) is 16.7 Å². The molecule has 1 aromatic carbocycles. The van der Waals surface area contributed by atoms with Gasteiger partial charge in [0.15, 0.2) is 5.65 Å². The molecule has 0 aliphatic heterocycles. The zero-order valence-corrected chi connectivity index (χ0v) is 11.3. The smallest absolute Gasteiger partial charge is 0.364 e. The summed E-state index contributed by atoms with van der Waals surface area (Å²) in [6.07, 6.45) is 0. The maximum atomic E-state index is 11.4. The molecule has 2 aromatic heterocycles. The van der Waals surface area contributed by atoms with E-state index in [0.29, 0.717) is 23.9 Å². The third kappa shape index (κ3) is 2.50. The summed E-state index contributed by atoms with van der Waals surface area (Å²) >= 11 is 5.81. The van der Waals surface area contributed by atoms with Crippen LogP contribution in [0.5, 0.6) is 0 Å². The Kier molecular flexibility index (Phi) is 3.39. The summed E-state index contributed by atoms with van der Waals surface area (Å²) in [6.45, 7) is 0.607. The number of hydrogen-bond donors (Lipinski definition) is 2. The van der Waals surface area contributed by atoms with Gasteiger partial charge in [0.05, 0.1) is 0 Å². The quantitative estimate of drug-likeness (QED) is 0.718. The SMILES string of the molecule is O=c1[nH]nc2ccc(NCc3cccc(CCl)c3)nn12. The fourth-order valence-corrected chi connectivity index (χ4v) is 2.08. The van der Waals surface area contributed by atoms with Crippen molar-refractivity contribution in [1.82, 2.24) is 19.8 Å². The zero-order chi connectivity index (χ0) is 13.9. The number of nitrogens with one attached hydrogen (secondary N) is 2. The molecule has 0 amide bonds. The van der Waals surface area contributed by atoms with Crippen molar-refractivity contribution in [3.05, 3.63) is 58.0 Å². The number of nitrogens with zero attached hydrogens (tertiary/aromatic N) is 3. The van der Waals surface area contributed by atoms with Crippen molar-refractivity contribution in [3.63, 3.8) is 0 Å². The van der Waals surface area contributed by atoms with Crippen LogP contribution in [-0.2, 0) is 12.4 Å². The molecule has 0 aliphatic rings. The minimum absolute atomic E-state index is 0.354. The van der Waals surface area contributed by atoms with Crippen LogP contribution in [0.1, 0.15) is 11.1 Å². The molecule has 0 radical (unpaired) electrons. The minimum atomic E-state index is -0.354. The van der Waals surface area contributed by atoms with E-state index in [2.05, 4.69) is 20.6 Å². The van der Waals surface area contributed by atoms with Gasteiger partial charge in [-0.2, -0.15) is 9.61 Å². The number of halogens is 1. The van der Waals surface area contributed by atoms with Gasteiger partial charge in [-0.25, -0.2) is 9.89 Å². The maximum absolute atomic E-state index is 11.4. The van der Waals surface area contributed by atoms with Gasteiger partial charge in [0.25, 0.3) is 0 Å². The van der Waals surface area contributed by atoms with Crippen molar-refractivity contribution < 1.29 is 0 Å². The maximum Gasteiger partial charge on any atom is 0.364 e. The van der Waals surface area contributed by atoms with Crippen LogP contribution in [0, 0.1) is 0 Å². The fourth-order valence-electron chi connectivity index (χ4n) is 1.91. The number of rotatable bonds is 4. The lowest BCUT2D eigenvalue weighted by molar-refractivity contribution is 0.875. The molecule has 0 saturated carbocycles. The van der Waals surface area contributed by atoms with Crippen LogP contribution in [-0.4, -0.2) is 19.8 Å². The lowest BCUT2D eigenvalue weighted by Crippen LogP contribution is -2.14. The second-order valence-electron chi connectivity index (χ2n) is 4.32. The Balaban J connectivity index is 1.79. The molecule has 2 N–H and O–H groups in total. The molecule has 0 fully saturated rings. The van der Waals surface area contributed by atoms with E-state index >= 15 is 0 Å². The molecule has 0 saturated heterocycles. The Hall–Kier alpha value is -2.34. The molecule has 20 heavy (non-hydrogen) atoms. The molecule has 0 unspecified atom stereocenters. The summed E-state index contributed by atoms with van der Waals surface area (Å²) in [5.74, 6) is 1.10. The predicted octanol–water partition coefficient (Wildman–Crippen LogP) is 1.77. The number of aromatic nitrogens is 4. The van der Waals surface area contributed by atoms with Crippen molar-refractivity contribution >= 4 is 23.1 Å². The van der Waals surface area contributed by atoms with E-state index in [1.807, 2.05) is 24.3 Å². The molecular formula is C13H12ClN5O. The summed E-state index contributed by atoms with van der Waals surface area (Å²) in [7, 11) is 0. The summed E-state index contributed by atoms with van der Waals surface area (Å²) < 4.78 is 1.22. The van der Waals surface area contributed by atoms with Crippen molar-refractivity contribution in [3.8, 4) is 0 Å². The third-order valence-electron chi connectivity index (χ3n) is 2.89. The molecule has 7 heteroatoms. The summed E-state index contributed by atoms with van der Waals surface area (Å²) in [6, 6.07) is 11.5. The first kappa shape index (κ1) is 12.7. The largest absolute Gasteiger partial charge is 0.365 e. The molecule has 2 heterocycles. The number of H-pyrrole nitrogens is 1. The Morgan fingerprint density at radius 2 is 2.10 bits per heavy atom. The summed E-state index contributed by atoms with van der Waals surface area (Å²) in [5, 5.41) is 13.5. The monoisotopic (exact) mass is 289 g/mol.